The first-order valence-corrected chi connectivity index (χ1v) is 4.76. The lowest BCUT2D eigenvalue weighted by atomic mass is 10.1. The maximum atomic E-state index is 10.7. The summed E-state index contributed by atoms with van der Waals surface area (Å²) in [6.45, 7) is 0. The predicted molar refractivity (Wildman–Crippen MR) is 59.4 cm³/mol. The summed E-state index contributed by atoms with van der Waals surface area (Å²) in [4.78, 5) is 19.0. The molecule has 80 valence electrons. The number of rotatable bonds is 3. The van der Waals surface area contributed by atoms with E-state index in [1.54, 1.807) is 43.8 Å². The Bertz CT molecular complexity index is 498. The molecule has 4 nitrogen and oxygen atoms in total. The zero-order valence-electron chi connectivity index (χ0n) is 8.75. The maximum absolute atomic E-state index is 10.7. The van der Waals surface area contributed by atoms with Gasteiger partial charge in [0.25, 0.3) is 0 Å². The molecule has 0 N–H and O–H groups in total. The van der Waals surface area contributed by atoms with Crippen LogP contribution in [0.15, 0.2) is 36.7 Å². The standard InChI is InChI=1S/C12H10N2O2/c1-16-11-4-3-9(8-15)7-10(11)12-13-5-2-6-14-12/h2-8H,1H3. The van der Waals surface area contributed by atoms with Crippen molar-refractivity contribution in [2.75, 3.05) is 7.11 Å². The lowest BCUT2D eigenvalue weighted by molar-refractivity contribution is 0.112. The van der Waals surface area contributed by atoms with Gasteiger partial charge < -0.3 is 4.74 Å². The van der Waals surface area contributed by atoms with E-state index in [0.717, 1.165) is 6.29 Å². The molecule has 0 fully saturated rings. The highest BCUT2D eigenvalue weighted by Gasteiger charge is 2.08. The molecule has 2 aromatic rings. The highest BCUT2D eigenvalue weighted by Crippen LogP contribution is 2.27. The summed E-state index contributed by atoms with van der Waals surface area (Å²) in [5.74, 6) is 1.19. The number of carbonyl (C=O) groups is 1. The van der Waals surface area contributed by atoms with Crippen molar-refractivity contribution in [1.82, 2.24) is 9.97 Å². The fourth-order valence-electron chi connectivity index (χ4n) is 1.41. The summed E-state index contributed by atoms with van der Waals surface area (Å²) in [5.41, 5.74) is 1.29. The van der Waals surface area contributed by atoms with E-state index in [-0.39, 0.29) is 0 Å². The van der Waals surface area contributed by atoms with Crippen LogP contribution in [0.5, 0.6) is 5.75 Å². The molecule has 0 saturated heterocycles. The number of hydrogen-bond donors (Lipinski definition) is 0. The van der Waals surface area contributed by atoms with E-state index in [2.05, 4.69) is 9.97 Å². The van der Waals surface area contributed by atoms with Gasteiger partial charge in [0.15, 0.2) is 5.82 Å². The van der Waals surface area contributed by atoms with Crippen LogP contribution in [-0.2, 0) is 0 Å². The normalized spacial score (nSPS) is 9.81. The van der Waals surface area contributed by atoms with Crippen LogP contribution in [0.4, 0.5) is 0 Å². The second kappa shape index (κ2) is 4.53. The number of aromatic nitrogens is 2. The van der Waals surface area contributed by atoms with Gasteiger partial charge in [0, 0.05) is 18.0 Å². The summed E-state index contributed by atoms with van der Waals surface area (Å²) in [6, 6.07) is 6.87. The zero-order chi connectivity index (χ0) is 11.4. The van der Waals surface area contributed by atoms with Crippen molar-refractivity contribution in [3.05, 3.63) is 42.2 Å². The monoisotopic (exact) mass is 214 g/mol. The molecule has 0 radical (unpaired) electrons. The number of hydrogen-bond acceptors (Lipinski definition) is 4. The van der Waals surface area contributed by atoms with Crippen molar-refractivity contribution in [3.8, 4) is 17.1 Å². The Morgan fingerprint density at radius 2 is 2.00 bits per heavy atom. The molecule has 16 heavy (non-hydrogen) atoms. The fourth-order valence-corrected chi connectivity index (χ4v) is 1.41. The van der Waals surface area contributed by atoms with Crippen LogP contribution < -0.4 is 4.74 Å². The Balaban J connectivity index is 2.57. The Morgan fingerprint density at radius 3 is 2.62 bits per heavy atom. The minimum Gasteiger partial charge on any atom is -0.496 e. The van der Waals surface area contributed by atoms with E-state index in [1.165, 1.54) is 0 Å². The van der Waals surface area contributed by atoms with Crippen molar-refractivity contribution in [2.24, 2.45) is 0 Å². The molecule has 1 aromatic carbocycles. The molecule has 0 aliphatic heterocycles. The molecule has 0 unspecified atom stereocenters. The minimum atomic E-state index is 0.544. The van der Waals surface area contributed by atoms with Gasteiger partial charge in [0.2, 0.25) is 0 Å². The summed E-state index contributed by atoms with van der Waals surface area (Å²) in [6.07, 6.45) is 4.08. The second-order valence-electron chi connectivity index (χ2n) is 3.15. The third kappa shape index (κ3) is 1.91. The van der Waals surface area contributed by atoms with E-state index >= 15 is 0 Å². The molecule has 1 heterocycles. The van der Waals surface area contributed by atoms with E-state index in [0.29, 0.717) is 22.7 Å². The molecule has 0 bridgehead atoms. The molecule has 0 amide bonds. The van der Waals surface area contributed by atoms with Crippen LogP contribution in [0.2, 0.25) is 0 Å². The van der Waals surface area contributed by atoms with Crippen molar-refractivity contribution in [3.63, 3.8) is 0 Å². The first-order chi connectivity index (χ1) is 7.85. The van der Waals surface area contributed by atoms with Gasteiger partial charge in [-0.15, -0.1) is 0 Å². The van der Waals surface area contributed by atoms with Gasteiger partial charge in [0.1, 0.15) is 12.0 Å². The van der Waals surface area contributed by atoms with Crippen LogP contribution in [0, 0.1) is 0 Å². The summed E-state index contributed by atoms with van der Waals surface area (Å²) in [5, 5.41) is 0. The van der Waals surface area contributed by atoms with E-state index in [1.807, 2.05) is 0 Å². The van der Waals surface area contributed by atoms with E-state index < -0.39 is 0 Å². The largest absolute Gasteiger partial charge is 0.496 e. The van der Waals surface area contributed by atoms with Crippen molar-refractivity contribution >= 4 is 6.29 Å². The topological polar surface area (TPSA) is 52.1 Å². The number of carbonyl (C=O) groups excluding carboxylic acids is 1. The Morgan fingerprint density at radius 1 is 1.25 bits per heavy atom. The average molecular weight is 214 g/mol. The predicted octanol–water partition coefficient (Wildman–Crippen LogP) is 1.96. The molecule has 1 aromatic heterocycles. The number of ether oxygens (including phenoxy) is 1. The smallest absolute Gasteiger partial charge is 0.162 e. The van der Waals surface area contributed by atoms with Crippen molar-refractivity contribution in [2.45, 2.75) is 0 Å². The van der Waals surface area contributed by atoms with Crippen LogP contribution >= 0.6 is 0 Å². The first-order valence-electron chi connectivity index (χ1n) is 4.76. The van der Waals surface area contributed by atoms with Crippen molar-refractivity contribution in [1.29, 1.82) is 0 Å². The molecule has 0 aliphatic carbocycles. The third-order valence-electron chi connectivity index (χ3n) is 2.17. The van der Waals surface area contributed by atoms with Crippen LogP contribution in [-0.4, -0.2) is 23.4 Å². The molecule has 0 saturated carbocycles. The number of benzene rings is 1. The highest BCUT2D eigenvalue weighted by molar-refractivity contribution is 5.79. The fraction of sp³-hybridized carbons (Fsp3) is 0.0833. The summed E-state index contributed by atoms with van der Waals surface area (Å²) >= 11 is 0. The third-order valence-corrected chi connectivity index (χ3v) is 2.17. The minimum absolute atomic E-state index is 0.544. The molecule has 2 rings (SSSR count). The van der Waals surface area contributed by atoms with E-state index in [4.69, 9.17) is 4.74 Å². The van der Waals surface area contributed by atoms with Crippen LogP contribution in [0.25, 0.3) is 11.4 Å². The maximum Gasteiger partial charge on any atom is 0.162 e. The van der Waals surface area contributed by atoms with Gasteiger partial charge in [0.05, 0.1) is 12.7 Å². The zero-order valence-corrected chi connectivity index (χ0v) is 8.75. The van der Waals surface area contributed by atoms with Gasteiger partial charge in [-0.25, -0.2) is 9.97 Å². The molecular formula is C12H10N2O2. The molecule has 0 spiro atoms. The molecular weight excluding hydrogens is 204 g/mol. The van der Waals surface area contributed by atoms with Crippen LogP contribution in [0.3, 0.4) is 0 Å². The van der Waals surface area contributed by atoms with Gasteiger partial charge in [-0.3, -0.25) is 4.79 Å². The van der Waals surface area contributed by atoms with Gasteiger partial charge in [-0.1, -0.05) is 0 Å². The first kappa shape index (κ1) is 10.3. The number of methoxy groups -OCH3 is 1. The molecule has 4 heteroatoms. The average Bonchev–Trinajstić information content (AvgIpc) is 2.39. The number of aldehydes is 1. The molecule has 0 atom stereocenters. The Hall–Kier alpha value is -2.23. The van der Waals surface area contributed by atoms with Gasteiger partial charge >= 0.3 is 0 Å². The molecule has 0 aliphatic rings. The summed E-state index contributed by atoms with van der Waals surface area (Å²) in [7, 11) is 1.57. The quantitative estimate of drug-likeness (QED) is 0.733. The van der Waals surface area contributed by atoms with Gasteiger partial charge in [-0.2, -0.15) is 0 Å². The lowest BCUT2D eigenvalue weighted by Gasteiger charge is -2.07. The Labute approximate surface area is 92.9 Å². The highest BCUT2D eigenvalue weighted by atomic mass is 16.5. The second-order valence-corrected chi connectivity index (χ2v) is 3.15. The Kier molecular flexibility index (Phi) is 2.91. The number of nitrogens with zero attached hydrogens (tertiary/aromatic N) is 2. The van der Waals surface area contributed by atoms with Gasteiger partial charge in [-0.05, 0) is 24.3 Å². The lowest BCUT2D eigenvalue weighted by Crippen LogP contribution is -1.93. The SMILES string of the molecule is COc1ccc(C=O)cc1-c1ncccn1. The van der Waals surface area contributed by atoms with Crippen molar-refractivity contribution < 1.29 is 9.53 Å². The van der Waals surface area contributed by atoms with E-state index in [9.17, 15) is 4.79 Å². The summed E-state index contributed by atoms with van der Waals surface area (Å²) < 4.78 is 5.20. The van der Waals surface area contributed by atoms with Crippen LogP contribution in [0.1, 0.15) is 10.4 Å².